The minimum atomic E-state index is -0.614. The van der Waals surface area contributed by atoms with Crippen molar-refractivity contribution in [2.75, 3.05) is 0 Å². The van der Waals surface area contributed by atoms with Crippen molar-refractivity contribution in [1.82, 2.24) is 0 Å². The fourth-order valence-electron chi connectivity index (χ4n) is 1.75. The molecule has 0 heterocycles. The molecule has 0 amide bonds. The van der Waals surface area contributed by atoms with Gasteiger partial charge in [-0.15, -0.1) is 0 Å². The topological polar surface area (TPSA) is 20.2 Å². The summed E-state index contributed by atoms with van der Waals surface area (Å²) in [5.41, 5.74) is -0.614. The number of allylic oxidation sites excluding steroid dienone is 1. The molecule has 2 atom stereocenters. The molecule has 1 N–H and O–H groups in total. The molecule has 0 aliphatic carbocycles. The van der Waals surface area contributed by atoms with Crippen molar-refractivity contribution < 1.29 is 5.11 Å². The van der Waals surface area contributed by atoms with Crippen LogP contribution >= 0.6 is 0 Å². The third kappa shape index (κ3) is 5.43. The van der Waals surface area contributed by atoms with E-state index in [0.29, 0.717) is 11.8 Å². The van der Waals surface area contributed by atoms with Gasteiger partial charge in [0.1, 0.15) is 0 Å². The zero-order valence-corrected chi connectivity index (χ0v) is 10.4. The summed E-state index contributed by atoms with van der Waals surface area (Å²) >= 11 is 0. The van der Waals surface area contributed by atoms with Crippen molar-refractivity contribution in [2.24, 2.45) is 11.8 Å². The molecule has 0 spiro atoms. The molecule has 0 aliphatic heterocycles. The maximum atomic E-state index is 9.95. The standard InChI is InChI=1S/C13H26O/c1-6-9-13(5,14)10-8-12(7-2)11(3)4/h8,10-12,14H,6-7,9H2,1-5H3/b10-8+. The second-order valence-electron chi connectivity index (χ2n) is 4.78. The molecule has 0 fully saturated rings. The lowest BCUT2D eigenvalue weighted by atomic mass is 9.90. The van der Waals surface area contributed by atoms with Gasteiger partial charge >= 0.3 is 0 Å². The van der Waals surface area contributed by atoms with Crippen LogP contribution in [0.25, 0.3) is 0 Å². The van der Waals surface area contributed by atoms with Crippen molar-refractivity contribution >= 4 is 0 Å². The maximum absolute atomic E-state index is 9.95. The van der Waals surface area contributed by atoms with Gasteiger partial charge in [0.25, 0.3) is 0 Å². The summed E-state index contributed by atoms with van der Waals surface area (Å²) in [5, 5.41) is 9.95. The van der Waals surface area contributed by atoms with Gasteiger partial charge in [-0.3, -0.25) is 0 Å². The molecule has 1 heteroatoms. The molecule has 2 unspecified atom stereocenters. The van der Waals surface area contributed by atoms with E-state index in [0.717, 1.165) is 19.3 Å². The lowest BCUT2D eigenvalue weighted by Gasteiger charge is -2.20. The molecule has 1 nitrogen and oxygen atoms in total. The summed E-state index contributed by atoms with van der Waals surface area (Å²) in [7, 11) is 0. The van der Waals surface area contributed by atoms with E-state index >= 15 is 0 Å². The zero-order chi connectivity index (χ0) is 11.2. The Morgan fingerprint density at radius 2 is 1.86 bits per heavy atom. The summed E-state index contributed by atoms with van der Waals surface area (Å²) in [6.45, 7) is 10.6. The maximum Gasteiger partial charge on any atom is 0.0799 e. The van der Waals surface area contributed by atoms with Crippen LogP contribution in [0.1, 0.15) is 53.9 Å². The normalized spacial score (nSPS) is 18.8. The molecule has 0 rings (SSSR count). The van der Waals surface area contributed by atoms with Crippen molar-refractivity contribution in [3.05, 3.63) is 12.2 Å². The minimum Gasteiger partial charge on any atom is -0.386 e. The first kappa shape index (κ1) is 13.7. The van der Waals surface area contributed by atoms with Crippen LogP contribution in [0, 0.1) is 11.8 Å². The van der Waals surface area contributed by atoms with Crippen LogP contribution in [0.3, 0.4) is 0 Å². The first-order chi connectivity index (χ1) is 6.43. The minimum absolute atomic E-state index is 0.596. The van der Waals surface area contributed by atoms with E-state index < -0.39 is 5.60 Å². The van der Waals surface area contributed by atoms with Gasteiger partial charge < -0.3 is 5.11 Å². The van der Waals surface area contributed by atoms with Crippen LogP contribution in [0.15, 0.2) is 12.2 Å². The number of hydrogen-bond acceptors (Lipinski definition) is 1. The molecule has 0 aromatic heterocycles. The van der Waals surface area contributed by atoms with Gasteiger partial charge in [0, 0.05) is 0 Å². The Kier molecular flexibility index (Phi) is 6.10. The van der Waals surface area contributed by atoms with Gasteiger partial charge in [0.15, 0.2) is 0 Å². The Morgan fingerprint density at radius 3 is 2.21 bits per heavy atom. The number of aliphatic hydroxyl groups is 1. The van der Waals surface area contributed by atoms with E-state index in [1.165, 1.54) is 0 Å². The van der Waals surface area contributed by atoms with Gasteiger partial charge in [-0.1, -0.05) is 46.3 Å². The Hall–Kier alpha value is -0.300. The highest BCUT2D eigenvalue weighted by molar-refractivity contribution is 5.00. The van der Waals surface area contributed by atoms with E-state index in [-0.39, 0.29) is 0 Å². The molecule has 0 aliphatic rings. The van der Waals surface area contributed by atoms with Gasteiger partial charge in [0.2, 0.25) is 0 Å². The quantitative estimate of drug-likeness (QED) is 0.644. The van der Waals surface area contributed by atoms with Crippen molar-refractivity contribution in [2.45, 2.75) is 59.5 Å². The smallest absolute Gasteiger partial charge is 0.0799 e. The molecule has 14 heavy (non-hydrogen) atoms. The Morgan fingerprint density at radius 1 is 1.29 bits per heavy atom. The van der Waals surface area contributed by atoms with E-state index in [1.807, 2.05) is 13.0 Å². The SMILES string of the molecule is CCCC(C)(O)/C=C/C(CC)C(C)C. The van der Waals surface area contributed by atoms with Crippen LogP contribution in [-0.4, -0.2) is 10.7 Å². The summed E-state index contributed by atoms with van der Waals surface area (Å²) in [5.74, 6) is 1.26. The Balaban J connectivity index is 4.24. The number of rotatable bonds is 6. The average Bonchev–Trinajstić information content (AvgIpc) is 2.04. The second kappa shape index (κ2) is 6.23. The molecule has 0 saturated heterocycles. The van der Waals surface area contributed by atoms with Crippen LogP contribution in [0.5, 0.6) is 0 Å². The van der Waals surface area contributed by atoms with E-state index in [2.05, 4.69) is 33.8 Å². The third-order valence-corrected chi connectivity index (χ3v) is 2.79. The van der Waals surface area contributed by atoms with Gasteiger partial charge in [-0.05, 0) is 31.6 Å². The van der Waals surface area contributed by atoms with E-state index in [4.69, 9.17) is 0 Å². The average molecular weight is 198 g/mol. The van der Waals surface area contributed by atoms with E-state index in [9.17, 15) is 5.11 Å². The molecule has 0 radical (unpaired) electrons. The van der Waals surface area contributed by atoms with Crippen LogP contribution in [0.4, 0.5) is 0 Å². The monoisotopic (exact) mass is 198 g/mol. The molecule has 0 bridgehead atoms. The van der Waals surface area contributed by atoms with Gasteiger partial charge in [-0.2, -0.15) is 0 Å². The van der Waals surface area contributed by atoms with Crippen molar-refractivity contribution in [3.63, 3.8) is 0 Å². The highest BCUT2D eigenvalue weighted by Crippen LogP contribution is 2.20. The van der Waals surface area contributed by atoms with Gasteiger partial charge in [-0.25, -0.2) is 0 Å². The zero-order valence-electron chi connectivity index (χ0n) is 10.4. The van der Waals surface area contributed by atoms with Crippen LogP contribution in [-0.2, 0) is 0 Å². The fourth-order valence-corrected chi connectivity index (χ4v) is 1.75. The lowest BCUT2D eigenvalue weighted by Crippen LogP contribution is -2.20. The summed E-state index contributed by atoms with van der Waals surface area (Å²) in [6, 6.07) is 0. The van der Waals surface area contributed by atoms with Crippen LogP contribution < -0.4 is 0 Å². The molecular formula is C13H26O. The molecule has 0 aromatic rings. The number of hydrogen-bond donors (Lipinski definition) is 1. The molecular weight excluding hydrogens is 172 g/mol. The predicted molar refractivity (Wildman–Crippen MR) is 63.3 cm³/mol. The fraction of sp³-hybridized carbons (Fsp3) is 0.846. The highest BCUT2D eigenvalue weighted by atomic mass is 16.3. The summed E-state index contributed by atoms with van der Waals surface area (Å²) in [4.78, 5) is 0. The second-order valence-corrected chi connectivity index (χ2v) is 4.78. The summed E-state index contributed by atoms with van der Waals surface area (Å²) in [6.07, 6.45) is 7.18. The molecule has 0 saturated carbocycles. The lowest BCUT2D eigenvalue weighted by molar-refractivity contribution is 0.100. The van der Waals surface area contributed by atoms with E-state index in [1.54, 1.807) is 0 Å². The van der Waals surface area contributed by atoms with Crippen LogP contribution in [0.2, 0.25) is 0 Å². The summed E-state index contributed by atoms with van der Waals surface area (Å²) < 4.78 is 0. The van der Waals surface area contributed by atoms with Crippen molar-refractivity contribution in [3.8, 4) is 0 Å². The third-order valence-electron chi connectivity index (χ3n) is 2.79. The first-order valence-electron chi connectivity index (χ1n) is 5.84. The predicted octanol–water partition coefficient (Wildman–Crippen LogP) is 3.78. The highest BCUT2D eigenvalue weighted by Gasteiger charge is 2.15. The largest absolute Gasteiger partial charge is 0.386 e. The molecule has 84 valence electrons. The Bertz CT molecular complexity index is 168. The van der Waals surface area contributed by atoms with Gasteiger partial charge in [0.05, 0.1) is 5.60 Å². The first-order valence-corrected chi connectivity index (χ1v) is 5.84. The van der Waals surface area contributed by atoms with Crippen molar-refractivity contribution in [1.29, 1.82) is 0 Å². The molecule has 0 aromatic carbocycles. The Labute approximate surface area is 89.2 Å².